The highest BCUT2D eigenvalue weighted by atomic mass is 19.2. The molecule has 7 nitrogen and oxygen atoms in total. The molecule has 0 saturated heterocycles. The van der Waals surface area contributed by atoms with Gasteiger partial charge in [0, 0.05) is 43.7 Å². The van der Waals surface area contributed by atoms with Crippen molar-refractivity contribution in [1.29, 1.82) is 0 Å². The molecular formula is C44H9F20N7. The molecule has 8 bridgehead atoms. The number of halogens is 20. The van der Waals surface area contributed by atoms with Crippen LogP contribution in [0.1, 0.15) is 22.8 Å². The number of hydrogen-bond acceptors (Lipinski definition) is 3. The summed E-state index contributed by atoms with van der Waals surface area (Å²) in [7, 11) is 0. The summed E-state index contributed by atoms with van der Waals surface area (Å²) in [6, 6.07) is 1.56. The molecule has 2 aliphatic heterocycles. The number of azide groups is 1. The summed E-state index contributed by atoms with van der Waals surface area (Å²) >= 11 is 0. The van der Waals surface area contributed by atoms with Gasteiger partial charge in [0.1, 0.15) is 0 Å². The first-order valence-corrected chi connectivity index (χ1v) is 18.9. The summed E-state index contributed by atoms with van der Waals surface area (Å²) < 4.78 is 305. The van der Waals surface area contributed by atoms with E-state index in [9.17, 15) is 40.7 Å². The molecule has 0 saturated carbocycles. The van der Waals surface area contributed by atoms with E-state index in [2.05, 4.69) is 30.0 Å². The average Bonchev–Trinajstić information content (AvgIpc) is 4.21. The Hall–Kier alpha value is -8.61. The fourth-order valence-corrected chi connectivity index (χ4v) is 7.74. The first kappa shape index (κ1) is 47.5. The second-order valence-electron chi connectivity index (χ2n) is 14.6. The molecule has 4 aromatic carbocycles. The van der Waals surface area contributed by atoms with Crippen molar-refractivity contribution in [1.82, 2.24) is 19.9 Å². The first-order valence-electron chi connectivity index (χ1n) is 18.9. The number of hydrogen-bond donors (Lipinski definition) is 2. The molecule has 2 aliphatic rings. The van der Waals surface area contributed by atoms with Crippen molar-refractivity contribution in [3.63, 3.8) is 0 Å². The highest BCUT2D eigenvalue weighted by Gasteiger charge is 2.35. The number of fused-ring (bicyclic) bond motifs is 8. The van der Waals surface area contributed by atoms with Gasteiger partial charge in [0.2, 0.25) is 23.3 Å². The fourth-order valence-electron chi connectivity index (χ4n) is 7.74. The molecule has 0 radical (unpaired) electrons. The Morgan fingerprint density at radius 3 is 0.873 bits per heavy atom. The van der Waals surface area contributed by atoms with Crippen LogP contribution in [0.5, 0.6) is 0 Å². The van der Waals surface area contributed by atoms with Crippen molar-refractivity contribution in [3.8, 4) is 44.5 Å². The fraction of sp³-hybridized carbons (Fsp3) is 0. The SMILES string of the molecule is [N-]=[N+]=Nc1cc2[nH]c1c(-c1c(F)c(F)c(F)c(F)c1F)c1nc(c(-c3c(F)c(F)c(F)c(F)c3F)c3ccc([nH]3)c(-c3c(F)c(F)c(F)c(F)c3F)c3nc(c2-c2c(F)c(F)c(F)c(F)c2F)C=C3)C=C1. The van der Waals surface area contributed by atoms with Crippen molar-refractivity contribution in [2.45, 2.75) is 0 Å². The molecule has 0 spiro atoms. The minimum absolute atomic E-state index is 0.378. The summed E-state index contributed by atoms with van der Waals surface area (Å²) in [6.45, 7) is 0. The Morgan fingerprint density at radius 2 is 0.577 bits per heavy atom. The van der Waals surface area contributed by atoms with Crippen molar-refractivity contribution in [3.05, 3.63) is 168 Å². The van der Waals surface area contributed by atoms with E-state index in [1.807, 2.05) is 0 Å². The van der Waals surface area contributed by atoms with Gasteiger partial charge in [-0.2, -0.15) is 0 Å². The van der Waals surface area contributed by atoms with Crippen LogP contribution >= 0.6 is 0 Å². The zero-order valence-corrected chi connectivity index (χ0v) is 33.3. The smallest absolute Gasteiger partial charge is 0.200 e. The van der Waals surface area contributed by atoms with Gasteiger partial charge in [-0.3, -0.25) is 0 Å². The van der Waals surface area contributed by atoms with Crippen LogP contribution in [0.3, 0.4) is 0 Å². The summed E-state index contributed by atoms with van der Waals surface area (Å²) in [4.78, 5) is 14.6. The van der Waals surface area contributed by atoms with E-state index in [4.69, 9.17) is 0 Å². The standard InChI is InChI=1S/C44H9F20N7/c45-24-20(25(46)33(54)40(61)32(24)53)16-8-1-2-9(66-8)17(21-26(47)34(55)41(62)35(56)27(21)48)11-5-6-13(68-11)19(23-30(51)38(59)43(64)39(60)31(23)52)44-15(70-71-65)7-14(69-44)18(12-4-3-10(16)67-12)22-28(49)36(57)42(63)37(58)29(22)50/h1-7,66,69H. The number of nitrogens with one attached hydrogen (secondary N) is 2. The van der Waals surface area contributed by atoms with E-state index >= 15 is 52.7 Å². The zero-order chi connectivity index (χ0) is 51.6. The summed E-state index contributed by atoms with van der Waals surface area (Å²) in [6.07, 6.45) is 2.09. The minimum Gasteiger partial charge on any atom is -0.354 e. The molecule has 0 amide bonds. The maximum atomic E-state index is 16.0. The van der Waals surface area contributed by atoms with Gasteiger partial charge in [0.15, 0.2) is 93.1 Å². The predicted octanol–water partition coefficient (Wildman–Crippen LogP) is 15.0. The van der Waals surface area contributed by atoms with Crippen LogP contribution in [0.15, 0.2) is 23.3 Å². The molecule has 71 heavy (non-hydrogen) atoms. The minimum atomic E-state index is -2.79. The van der Waals surface area contributed by atoms with Gasteiger partial charge in [0.05, 0.1) is 56.2 Å². The second kappa shape index (κ2) is 16.8. The molecule has 27 heteroatoms. The van der Waals surface area contributed by atoms with E-state index in [1.54, 1.807) is 0 Å². The van der Waals surface area contributed by atoms with Crippen molar-refractivity contribution in [2.75, 3.05) is 0 Å². The highest BCUT2D eigenvalue weighted by molar-refractivity contribution is 6.03. The Bertz CT molecular complexity index is 3790. The van der Waals surface area contributed by atoms with Crippen LogP contribution in [0.25, 0.3) is 101 Å². The van der Waals surface area contributed by atoms with Crippen LogP contribution in [-0.2, 0) is 0 Å². The van der Waals surface area contributed by atoms with Gasteiger partial charge < -0.3 is 9.97 Å². The normalized spacial score (nSPS) is 12.1. The Labute approximate surface area is 376 Å². The maximum absolute atomic E-state index is 16.0. The van der Waals surface area contributed by atoms with Gasteiger partial charge in [-0.05, 0) is 48.0 Å². The third kappa shape index (κ3) is 6.88. The van der Waals surface area contributed by atoms with Crippen LogP contribution in [0, 0.1) is 116 Å². The number of aromatic nitrogens is 4. The lowest BCUT2D eigenvalue weighted by atomic mass is 10.0. The Morgan fingerprint density at radius 1 is 0.324 bits per heavy atom. The lowest BCUT2D eigenvalue weighted by Crippen LogP contribution is -2.06. The van der Waals surface area contributed by atoms with Crippen molar-refractivity contribution >= 4 is 52.1 Å². The average molecular weight is 1020 g/mol. The van der Waals surface area contributed by atoms with E-state index in [1.165, 1.54) is 0 Å². The van der Waals surface area contributed by atoms with Crippen molar-refractivity contribution in [2.24, 2.45) is 5.11 Å². The highest BCUT2D eigenvalue weighted by Crippen LogP contribution is 2.46. The molecule has 3 aromatic heterocycles. The molecule has 5 heterocycles. The number of aromatic amines is 2. The number of H-pyrrole nitrogens is 2. The summed E-state index contributed by atoms with van der Waals surface area (Å²) in [5.74, 6) is -53.9. The maximum Gasteiger partial charge on any atom is 0.200 e. The Balaban J connectivity index is 1.65. The third-order valence-electron chi connectivity index (χ3n) is 10.8. The third-order valence-corrected chi connectivity index (χ3v) is 10.8. The van der Waals surface area contributed by atoms with Crippen molar-refractivity contribution < 1.29 is 87.8 Å². The van der Waals surface area contributed by atoms with E-state index in [0.29, 0.717) is 42.5 Å². The lowest BCUT2D eigenvalue weighted by molar-refractivity contribution is 0.381. The van der Waals surface area contributed by atoms with Gasteiger partial charge >= 0.3 is 0 Å². The molecule has 360 valence electrons. The van der Waals surface area contributed by atoms with Crippen LogP contribution in [0.2, 0.25) is 0 Å². The van der Waals surface area contributed by atoms with Crippen LogP contribution < -0.4 is 0 Å². The molecule has 0 fully saturated rings. The molecule has 0 atom stereocenters. The van der Waals surface area contributed by atoms with E-state index in [0.717, 1.165) is 0 Å². The quantitative estimate of drug-likeness (QED) is 0.0447. The topological polar surface area (TPSA) is 106 Å². The molecule has 2 N–H and O–H groups in total. The van der Waals surface area contributed by atoms with Gasteiger partial charge in [-0.25, -0.2) is 97.8 Å². The molecule has 7 aromatic rings. The molecule has 0 aliphatic carbocycles. The number of benzene rings is 4. The lowest BCUT2D eigenvalue weighted by Gasteiger charge is -2.12. The van der Waals surface area contributed by atoms with Crippen LogP contribution in [-0.4, -0.2) is 19.9 Å². The molecular weight excluding hydrogens is 1010 g/mol. The number of nitrogens with zero attached hydrogens (tertiary/aromatic N) is 5. The monoisotopic (exact) mass is 1020 g/mol. The summed E-state index contributed by atoms with van der Waals surface area (Å²) in [5, 5.41) is 3.22. The molecule has 0 unspecified atom stereocenters. The Kier molecular flexibility index (Phi) is 11.2. The van der Waals surface area contributed by atoms with E-state index < -0.39 is 211 Å². The largest absolute Gasteiger partial charge is 0.354 e. The zero-order valence-electron chi connectivity index (χ0n) is 33.3. The van der Waals surface area contributed by atoms with Gasteiger partial charge in [-0.1, -0.05) is 5.11 Å². The second-order valence-corrected chi connectivity index (χ2v) is 14.6. The predicted molar refractivity (Wildman–Crippen MR) is 209 cm³/mol. The number of rotatable bonds is 5. The van der Waals surface area contributed by atoms with Gasteiger partial charge in [0.25, 0.3) is 0 Å². The molecule has 9 rings (SSSR count). The summed E-state index contributed by atoms with van der Waals surface area (Å²) in [5.41, 5.74) is -14.1. The van der Waals surface area contributed by atoms with Crippen LogP contribution in [0.4, 0.5) is 93.5 Å². The first-order chi connectivity index (χ1) is 33.5. The van der Waals surface area contributed by atoms with Gasteiger partial charge in [-0.15, -0.1) is 0 Å². The van der Waals surface area contributed by atoms with E-state index in [-0.39, 0.29) is 0 Å².